The largest absolute Gasteiger partial charge is 0.496 e. The number of ether oxygens (including phenoxy) is 1. The van der Waals surface area contributed by atoms with Gasteiger partial charge < -0.3 is 9.84 Å². The second-order valence-corrected chi connectivity index (χ2v) is 7.47. The Hall–Kier alpha value is -2.35. The Bertz CT molecular complexity index is 853. The molecule has 26 heavy (non-hydrogen) atoms. The maximum Gasteiger partial charge on any atom is 0.131 e. The Kier molecular flexibility index (Phi) is 4.79. The first-order valence-electron chi connectivity index (χ1n) is 8.99. The van der Waals surface area contributed by atoms with Crippen LogP contribution in [-0.2, 0) is 17.6 Å². The molecule has 0 aromatic heterocycles. The van der Waals surface area contributed by atoms with E-state index in [2.05, 4.69) is 24.0 Å². The van der Waals surface area contributed by atoms with E-state index in [0.717, 1.165) is 29.8 Å². The van der Waals surface area contributed by atoms with E-state index in [9.17, 15) is 10.4 Å². The normalized spacial score (nSPS) is 20.3. The molecule has 0 spiro atoms. The topological polar surface area (TPSA) is 56.5 Å². The van der Waals surface area contributed by atoms with Crippen molar-refractivity contribution in [3.8, 4) is 11.8 Å². The lowest BCUT2D eigenvalue weighted by Gasteiger charge is -2.41. The van der Waals surface area contributed by atoms with E-state index < -0.39 is 11.0 Å². The van der Waals surface area contributed by atoms with Crippen LogP contribution in [0.1, 0.15) is 43.0 Å². The number of methoxy groups -OCH3 is 1. The van der Waals surface area contributed by atoms with Crippen molar-refractivity contribution in [1.82, 2.24) is 4.90 Å². The van der Waals surface area contributed by atoms with E-state index >= 15 is 0 Å². The molecule has 0 aliphatic carbocycles. The summed E-state index contributed by atoms with van der Waals surface area (Å²) < 4.78 is 5.59. The zero-order valence-electron chi connectivity index (χ0n) is 15.9. The first-order chi connectivity index (χ1) is 12.4. The number of hydrogen-bond donors (Lipinski definition) is 1. The van der Waals surface area contributed by atoms with Crippen molar-refractivity contribution in [1.29, 1.82) is 5.26 Å². The van der Waals surface area contributed by atoms with E-state index in [1.165, 1.54) is 0 Å². The zero-order chi connectivity index (χ0) is 18.9. The van der Waals surface area contributed by atoms with Gasteiger partial charge in [0.1, 0.15) is 11.4 Å². The highest BCUT2D eigenvalue weighted by Gasteiger charge is 2.41. The predicted octanol–water partition coefficient (Wildman–Crippen LogP) is 3.57. The molecular weight excluding hydrogens is 324 g/mol. The number of nitrogens with zero attached hydrogens (tertiary/aromatic N) is 2. The third kappa shape index (κ3) is 2.98. The number of fused-ring (bicyclic) bond motifs is 1. The summed E-state index contributed by atoms with van der Waals surface area (Å²) in [4.78, 5) is 2.23. The van der Waals surface area contributed by atoms with Crippen molar-refractivity contribution in [3.05, 3.63) is 64.7 Å². The van der Waals surface area contributed by atoms with Gasteiger partial charge in [0.05, 0.1) is 18.6 Å². The van der Waals surface area contributed by atoms with Crippen molar-refractivity contribution >= 4 is 0 Å². The molecule has 0 saturated carbocycles. The Labute approximate surface area is 155 Å². The molecule has 0 fully saturated rings. The van der Waals surface area contributed by atoms with Crippen molar-refractivity contribution in [2.45, 2.75) is 38.3 Å². The summed E-state index contributed by atoms with van der Waals surface area (Å²) in [7, 11) is 1.61. The Morgan fingerprint density at radius 2 is 1.96 bits per heavy atom. The van der Waals surface area contributed by atoms with Crippen molar-refractivity contribution in [3.63, 3.8) is 0 Å². The van der Waals surface area contributed by atoms with Gasteiger partial charge in [0.2, 0.25) is 0 Å². The molecule has 3 rings (SSSR count). The lowest BCUT2D eigenvalue weighted by atomic mass is 9.77. The maximum atomic E-state index is 11.9. The number of nitriles is 1. The molecule has 1 aliphatic heterocycles. The molecule has 1 heterocycles. The third-order valence-electron chi connectivity index (χ3n) is 5.40. The Morgan fingerprint density at radius 1 is 1.23 bits per heavy atom. The first-order valence-corrected chi connectivity index (χ1v) is 8.99. The van der Waals surface area contributed by atoms with Crippen LogP contribution in [-0.4, -0.2) is 30.2 Å². The molecule has 4 nitrogen and oxygen atoms in total. The molecule has 0 saturated heterocycles. The number of benzene rings is 2. The quantitative estimate of drug-likeness (QED) is 0.916. The van der Waals surface area contributed by atoms with Gasteiger partial charge in [0, 0.05) is 18.7 Å². The first kappa shape index (κ1) is 18.4. The number of hydrogen-bond acceptors (Lipinski definition) is 4. The molecule has 0 amide bonds. The van der Waals surface area contributed by atoms with E-state index in [4.69, 9.17) is 4.74 Å². The van der Waals surface area contributed by atoms with Gasteiger partial charge in [-0.15, -0.1) is 0 Å². The van der Waals surface area contributed by atoms with Crippen molar-refractivity contribution in [2.75, 3.05) is 20.2 Å². The summed E-state index contributed by atoms with van der Waals surface area (Å²) >= 11 is 0. The molecule has 2 aromatic rings. The Morgan fingerprint density at radius 3 is 2.62 bits per heavy atom. The predicted molar refractivity (Wildman–Crippen MR) is 102 cm³/mol. The van der Waals surface area contributed by atoms with Crippen molar-refractivity contribution < 1.29 is 9.84 Å². The van der Waals surface area contributed by atoms with Gasteiger partial charge in [0.15, 0.2) is 0 Å². The summed E-state index contributed by atoms with van der Waals surface area (Å²) in [6.45, 7) is 8.03. The second kappa shape index (κ2) is 6.75. The number of β-amino-alcohol motifs (C(OH)–C–C–N with tert-alkyl or cyclic N) is 1. The summed E-state index contributed by atoms with van der Waals surface area (Å²) in [6.07, 6.45) is 0. The maximum absolute atomic E-state index is 11.9. The van der Waals surface area contributed by atoms with Crippen LogP contribution >= 0.6 is 0 Å². The second-order valence-electron chi connectivity index (χ2n) is 7.47. The minimum atomic E-state index is -1.18. The monoisotopic (exact) mass is 350 g/mol. The lowest BCUT2D eigenvalue weighted by Crippen LogP contribution is -2.46. The number of rotatable bonds is 4. The molecule has 4 heteroatoms. The zero-order valence-corrected chi connectivity index (χ0v) is 15.9. The van der Waals surface area contributed by atoms with E-state index in [1.54, 1.807) is 7.11 Å². The van der Waals surface area contributed by atoms with Gasteiger partial charge in [-0.1, -0.05) is 37.3 Å². The molecular formula is C22H26N2O2. The van der Waals surface area contributed by atoms with Gasteiger partial charge in [-0.2, -0.15) is 5.26 Å². The molecule has 136 valence electrons. The van der Waals surface area contributed by atoms with E-state index in [0.29, 0.717) is 17.9 Å². The molecule has 0 radical (unpaired) electrons. The van der Waals surface area contributed by atoms with Crippen LogP contribution in [0.15, 0.2) is 42.5 Å². The Balaban J connectivity index is 2.24. The molecule has 1 unspecified atom stereocenters. The highest BCUT2D eigenvalue weighted by molar-refractivity contribution is 5.52. The molecule has 1 atom stereocenters. The number of likely N-dealkylation sites (N-methyl/N-ethyl adjacent to an activating group) is 1. The fraction of sp³-hybridized carbons (Fsp3) is 0.409. The van der Waals surface area contributed by atoms with E-state index in [-0.39, 0.29) is 0 Å². The highest BCUT2D eigenvalue weighted by Crippen LogP contribution is 2.42. The smallest absolute Gasteiger partial charge is 0.131 e. The van der Waals surface area contributed by atoms with Crippen LogP contribution < -0.4 is 4.74 Å². The third-order valence-corrected chi connectivity index (χ3v) is 5.40. The average Bonchev–Trinajstić information content (AvgIpc) is 2.67. The van der Waals surface area contributed by atoms with E-state index in [1.807, 2.05) is 50.2 Å². The summed E-state index contributed by atoms with van der Waals surface area (Å²) in [5.74, 6) is 0.637. The number of aliphatic hydroxyl groups is 1. The minimum absolute atomic E-state index is 0.493. The molecule has 1 N–H and O–H groups in total. The van der Waals surface area contributed by atoms with Crippen LogP contribution in [0, 0.1) is 11.3 Å². The lowest BCUT2D eigenvalue weighted by molar-refractivity contribution is 0.0186. The van der Waals surface area contributed by atoms with Crippen molar-refractivity contribution in [2.24, 2.45) is 0 Å². The van der Waals surface area contributed by atoms with Crippen LogP contribution in [0.5, 0.6) is 5.75 Å². The average molecular weight is 350 g/mol. The van der Waals surface area contributed by atoms with Gasteiger partial charge in [0.25, 0.3) is 0 Å². The molecule has 1 aliphatic rings. The summed E-state index contributed by atoms with van der Waals surface area (Å²) in [5, 5.41) is 21.4. The fourth-order valence-corrected chi connectivity index (χ4v) is 3.71. The summed E-state index contributed by atoms with van der Waals surface area (Å²) in [6, 6.07) is 16.1. The SMILES string of the molecule is CCN1Cc2ccccc2C(O)(c2cc(C(C)(C)C#N)ccc2OC)C1. The molecule has 2 aromatic carbocycles. The van der Waals surface area contributed by atoms with Gasteiger partial charge in [-0.05, 0) is 49.2 Å². The van der Waals surface area contributed by atoms with Crippen LogP contribution in [0.2, 0.25) is 0 Å². The van der Waals surface area contributed by atoms with Crippen LogP contribution in [0.3, 0.4) is 0 Å². The van der Waals surface area contributed by atoms with Crippen LogP contribution in [0.4, 0.5) is 0 Å². The van der Waals surface area contributed by atoms with Gasteiger partial charge >= 0.3 is 0 Å². The minimum Gasteiger partial charge on any atom is -0.496 e. The summed E-state index contributed by atoms with van der Waals surface area (Å²) in [5.41, 5.74) is 1.79. The fourth-order valence-electron chi connectivity index (χ4n) is 3.71. The van der Waals surface area contributed by atoms with Gasteiger partial charge in [-0.25, -0.2) is 0 Å². The van der Waals surface area contributed by atoms with Crippen LogP contribution in [0.25, 0.3) is 0 Å². The highest BCUT2D eigenvalue weighted by atomic mass is 16.5. The standard InChI is InChI=1S/C22H26N2O2/c1-5-24-13-16-8-6-7-9-18(16)22(25,15-24)19-12-17(21(2,3)14-23)10-11-20(19)26-4/h6-12,25H,5,13,15H2,1-4H3. The van der Waals surface area contributed by atoms with Gasteiger partial charge in [-0.3, -0.25) is 4.90 Å². The molecule has 0 bridgehead atoms.